The summed E-state index contributed by atoms with van der Waals surface area (Å²) in [7, 11) is 1.27. The van der Waals surface area contributed by atoms with Crippen molar-refractivity contribution in [3.63, 3.8) is 0 Å². The topological polar surface area (TPSA) is 108 Å². The Morgan fingerprint density at radius 1 is 0.567 bits per heavy atom. The van der Waals surface area contributed by atoms with Crippen LogP contribution in [0, 0.1) is 0 Å². The molecule has 0 fully saturated rings. The highest BCUT2D eigenvalue weighted by atomic mass is 31.2. The largest absolute Gasteiger partial charge is 0.756 e. The number of likely N-dealkylation sites (N-methyl/N-ethyl adjacent to an activating group) is 1. The van der Waals surface area contributed by atoms with Gasteiger partial charge in [0.1, 0.15) is 13.2 Å². The number of unbranched alkanes of at least 4 members (excludes halogenated alkanes) is 35. The highest BCUT2D eigenvalue weighted by Crippen LogP contribution is 2.38. The minimum absolute atomic E-state index is 0.00148. The number of phosphoric acid groups is 1. The zero-order valence-corrected chi connectivity index (χ0v) is 41.6. The molecule has 0 saturated heterocycles. The Hall–Kier alpha value is -0.760. The van der Waals surface area contributed by atoms with Gasteiger partial charge >= 0.3 is 0 Å². The van der Waals surface area contributed by atoms with Gasteiger partial charge in [0, 0.05) is 6.42 Å². The van der Waals surface area contributed by atoms with Gasteiger partial charge in [0.2, 0.25) is 5.91 Å². The number of hydrogen-bond acceptors (Lipinski definition) is 6. The zero-order valence-electron chi connectivity index (χ0n) is 40.7. The van der Waals surface area contributed by atoms with Crippen LogP contribution in [0.5, 0.6) is 0 Å². The molecule has 9 heteroatoms. The molecule has 0 heterocycles. The fourth-order valence-electron chi connectivity index (χ4n) is 7.86. The fraction of sp³-hybridized carbons (Fsp3) is 0.941. The molecule has 60 heavy (non-hydrogen) atoms. The first-order valence-electron chi connectivity index (χ1n) is 26.1. The molecule has 0 aliphatic carbocycles. The maximum Gasteiger partial charge on any atom is 0.268 e. The Kier molecular flexibility index (Phi) is 42.9. The number of quaternary nitrogens is 1. The summed E-state index contributed by atoms with van der Waals surface area (Å²) < 4.78 is 23.1. The summed E-state index contributed by atoms with van der Waals surface area (Å²) in [6, 6.07) is -0.878. The first-order chi connectivity index (χ1) is 29.0. The van der Waals surface area contributed by atoms with Crippen molar-refractivity contribution < 1.29 is 32.9 Å². The second-order valence-corrected chi connectivity index (χ2v) is 20.7. The first-order valence-corrected chi connectivity index (χ1v) is 27.5. The maximum absolute atomic E-state index is 12.7. The average molecular weight is 871 g/mol. The van der Waals surface area contributed by atoms with Gasteiger partial charge in [-0.15, -0.1) is 0 Å². The summed E-state index contributed by atoms with van der Waals surface area (Å²) in [4.78, 5) is 25.1. The molecule has 0 radical (unpaired) electrons. The molecule has 0 spiro atoms. The van der Waals surface area contributed by atoms with Crippen LogP contribution in [0.4, 0.5) is 0 Å². The molecule has 0 aromatic carbocycles. The van der Waals surface area contributed by atoms with E-state index >= 15 is 0 Å². The van der Waals surface area contributed by atoms with E-state index < -0.39 is 20.0 Å². The normalized spacial score (nSPS) is 14.2. The molecule has 3 unspecified atom stereocenters. The number of aliphatic hydroxyl groups excluding tert-OH is 1. The summed E-state index contributed by atoms with van der Waals surface area (Å²) in [6.45, 7) is 4.60. The van der Waals surface area contributed by atoms with E-state index in [1.165, 1.54) is 199 Å². The van der Waals surface area contributed by atoms with E-state index in [0.29, 0.717) is 17.4 Å². The SMILES string of the molecule is CCCCCCCCCCCCCCCCCCCCCCCCCCCCCCCC/C=C/C(O)C(COP(=O)([O-])OCC[N+](C)(C)C)NC(=O)CCCCCCCC. The monoisotopic (exact) mass is 871 g/mol. The number of rotatable bonds is 48. The van der Waals surface area contributed by atoms with Crippen LogP contribution in [0.2, 0.25) is 0 Å². The second kappa shape index (κ2) is 43.5. The first kappa shape index (κ1) is 59.2. The molecule has 0 aromatic rings. The number of carbonyl (C=O) groups excluding carboxylic acids is 1. The zero-order chi connectivity index (χ0) is 44.3. The number of phosphoric ester groups is 1. The van der Waals surface area contributed by atoms with Gasteiger partial charge in [0.05, 0.1) is 39.9 Å². The lowest BCUT2D eigenvalue weighted by molar-refractivity contribution is -0.870. The lowest BCUT2D eigenvalue weighted by atomic mass is 10.0. The molecule has 0 aliphatic heterocycles. The lowest BCUT2D eigenvalue weighted by Crippen LogP contribution is -2.45. The van der Waals surface area contributed by atoms with E-state index in [9.17, 15) is 19.4 Å². The quantitative estimate of drug-likeness (QED) is 0.0273. The Labute approximate surface area is 373 Å². The number of allylic oxidation sites excluding steroid dienone is 1. The van der Waals surface area contributed by atoms with Crippen LogP contribution in [0.3, 0.4) is 0 Å². The van der Waals surface area contributed by atoms with E-state index in [-0.39, 0.29) is 19.1 Å². The maximum atomic E-state index is 12.7. The van der Waals surface area contributed by atoms with E-state index in [0.717, 1.165) is 38.5 Å². The van der Waals surface area contributed by atoms with Crippen molar-refractivity contribution in [2.45, 2.75) is 270 Å². The highest BCUT2D eigenvalue weighted by Gasteiger charge is 2.23. The molecule has 8 nitrogen and oxygen atoms in total. The van der Waals surface area contributed by atoms with Crippen LogP contribution in [0.25, 0.3) is 0 Å². The molecule has 0 saturated carbocycles. The summed E-state index contributed by atoms with van der Waals surface area (Å²) in [5.74, 6) is -0.204. The molecule has 3 atom stereocenters. The number of amides is 1. The third-order valence-corrected chi connectivity index (χ3v) is 13.0. The van der Waals surface area contributed by atoms with Gasteiger partial charge in [-0.2, -0.15) is 0 Å². The number of nitrogens with one attached hydrogen (secondary N) is 1. The lowest BCUT2D eigenvalue weighted by Gasteiger charge is -2.29. The molecule has 0 bridgehead atoms. The Morgan fingerprint density at radius 2 is 0.900 bits per heavy atom. The molecular weight excluding hydrogens is 768 g/mol. The third kappa shape index (κ3) is 45.3. The molecular formula is C51H103N2O6P. The summed E-state index contributed by atoms with van der Waals surface area (Å²) >= 11 is 0. The molecule has 0 aliphatic rings. The average Bonchev–Trinajstić information content (AvgIpc) is 3.20. The predicted molar refractivity (Wildman–Crippen MR) is 256 cm³/mol. The summed E-state index contributed by atoms with van der Waals surface area (Å²) in [5.41, 5.74) is 0. The van der Waals surface area contributed by atoms with Crippen molar-refractivity contribution in [3.8, 4) is 0 Å². The van der Waals surface area contributed by atoms with Gasteiger partial charge in [-0.1, -0.05) is 244 Å². The van der Waals surface area contributed by atoms with Crippen LogP contribution < -0.4 is 10.2 Å². The number of carbonyl (C=O) groups is 1. The molecule has 0 aromatic heterocycles. The van der Waals surface area contributed by atoms with Crippen molar-refractivity contribution in [3.05, 3.63) is 12.2 Å². The Bertz CT molecular complexity index is 989. The smallest absolute Gasteiger partial charge is 0.268 e. The number of nitrogens with zero attached hydrogens (tertiary/aromatic N) is 1. The molecule has 2 N–H and O–H groups in total. The van der Waals surface area contributed by atoms with Crippen molar-refractivity contribution >= 4 is 13.7 Å². The van der Waals surface area contributed by atoms with Crippen molar-refractivity contribution in [1.82, 2.24) is 5.32 Å². The number of hydrogen-bond donors (Lipinski definition) is 2. The fourth-order valence-corrected chi connectivity index (χ4v) is 8.58. The minimum atomic E-state index is -4.57. The van der Waals surface area contributed by atoms with Gasteiger partial charge in [0.25, 0.3) is 7.82 Å². The van der Waals surface area contributed by atoms with Gasteiger partial charge in [-0.3, -0.25) is 9.36 Å². The predicted octanol–water partition coefficient (Wildman–Crippen LogP) is 14.5. The van der Waals surface area contributed by atoms with Crippen molar-refractivity contribution in [2.24, 2.45) is 0 Å². The van der Waals surface area contributed by atoms with Crippen LogP contribution in [0.1, 0.15) is 258 Å². The van der Waals surface area contributed by atoms with Crippen LogP contribution in [-0.2, 0) is 18.4 Å². The highest BCUT2D eigenvalue weighted by molar-refractivity contribution is 7.45. The van der Waals surface area contributed by atoms with Crippen LogP contribution >= 0.6 is 7.82 Å². The summed E-state index contributed by atoms with van der Waals surface area (Å²) in [5, 5.41) is 13.7. The minimum Gasteiger partial charge on any atom is -0.756 e. The summed E-state index contributed by atoms with van der Waals surface area (Å²) in [6.07, 6.45) is 51.9. The van der Waals surface area contributed by atoms with E-state index in [4.69, 9.17) is 9.05 Å². The Morgan fingerprint density at radius 3 is 1.25 bits per heavy atom. The van der Waals surface area contributed by atoms with Gasteiger partial charge in [0.15, 0.2) is 0 Å². The van der Waals surface area contributed by atoms with Gasteiger partial charge in [-0.05, 0) is 19.3 Å². The van der Waals surface area contributed by atoms with E-state index in [1.807, 2.05) is 27.2 Å². The molecule has 1 amide bonds. The molecule has 0 rings (SSSR count). The number of aliphatic hydroxyl groups is 1. The van der Waals surface area contributed by atoms with E-state index in [1.54, 1.807) is 6.08 Å². The second-order valence-electron chi connectivity index (χ2n) is 19.2. The van der Waals surface area contributed by atoms with Gasteiger partial charge < -0.3 is 28.8 Å². The third-order valence-electron chi connectivity index (χ3n) is 12.0. The van der Waals surface area contributed by atoms with E-state index in [2.05, 4.69) is 19.2 Å². The van der Waals surface area contributed by atoms with Crippen molar-refractivity contribution in [1.29, 1.82) is 0 Å². The van der Waals surface area contributed by atoms with Crippen LogP contribution in [0.15, 0.2) is 12.2 Å². The van der Waals surface area contributed by atoms with Crippen molar-refractivity contribution in [2.75, 3.05) is 40.9 Å². The molecule has 358 valence electrons. The Balaban J connectivity index is 3.88. The van der Waals surface area contributed by atoms with Crippen LogP contribution in [-0.4, -0.2) is 68.5 Å². The van der Waals surface area contributed by atoms with Gasteiger partial charge in [-0.25, -0.2) is 0 Å². The standard InChI is InChI=1S/C51H103N2O6P/c1-6-8-10-12-14-15-16-17-18-19-20-21-22-23-24-25-26-27-28-29-30-31-32-33-34-35-36-37-38-39-40-42-44-50(54)49(52-51(55)45-43-41-13-11-9-7-2)48-59-60(56,57)58-47-46-53(3,4)5/h42,44,49-50,54H,6-41,43,45-48H2,1-5H3,(H-,52,55,56,57)/b44-42+.